The van der Waals surface area contributed by atoms with Crippen molar-refractivity contribution in [2.75, 3.05) is 0 Å². The van der Waals surface area contributed by atoms with Crippen LogP contribution in [0.3, 0.4) is 0 Å². The summed E-state index contributed by atoms with van der Waals surface area (Å²) in [6.07, 6.45) is 4.13. The number of benzene rings is 4. The molecule has 1 unspecified atom stereocenters. The van der Waals surface area contributed by atoms with Crippen LogP contribution in [-0.2, 0) is 11.0 Å². The van der Waals surface area contributed by atoms with Crippen LogP contribution in [0.1, 0.15) is 43.2 Å². The van der Waals surface area contributed by atoms with E-state index >= 15 is 0 Å². The predicted molar refractivity (Wildman–Crippen MR) is 160 cm³/mol. The van der Waals surface area contributed by atoms with E-state index in [0.717, 1.165) is 22.2 Å². The standard InChI is InChI=1S/C35H31F2N3O/c1-34(2,3)40-30-21-19-27(41-33(36)37)23-28(30)32(39-40)29-20-22-31(38-29)35(24-13-7-4-8-14-24,25-15-9-5-10-16-25)26-17-11-6-12-18-26/h4-23,31,33H,1-3H3. The van der Waals surface area contributed by atoms with Gasteiger partial charge in [0.1, 0.15) is 11.4 Å². The highest BCUT2D eigenvalue weighted by Gasteiger charge is 2.44. The lowest BCUT2D eigenvalue weighted by Gasteiger charge is -2.39. The lowest BCUT2D eigenvalue weighted by Crippen LogP contribution is -2.39. The Morgan fingerprint density at radius 3 is 1.78 bits per heavy atom. The second-order valence-electron chi connectivity index (χ2n) is 11.2. The van der Waals surface area contributed by atoms with Crippen LogP contribution in [0.2, 0.25) is 0 Å². The molecule has 2 heterocycles. The Morgan fingerprint density at radius 2 is 1.29 bits per heavy atom. The molecule has 0 bridgehead atoms. The van der Waals surface area contributed by atoms with E-state index in [-0.39, 0.29) is 17.3 Å². The van der Waals surface area contributed by atoms with E-state index in [0.29, 0.717) is 16.8 Å². The monoisotopic (exact) mass is 547 g/mol. The number of rotatable bonds is 7. The molecule has 1 aliphatic rings. The molecule has 4 nitrogen and oxygen atoms in total. The van der Waals surface area contributed by atoms with Crippen LogP contribution in [0, 0.1) is 0 Å². The molecule has 206 valence electrons. The lowest BCUT2D eigenvalue weighted by molar-refractivity contribution is -0.0497. The van der Waals surface area contributed by atoms with Gasteiger partial charge in [0.25, 0.3) is 0 Å². The topological polar surface area (TPSA) is 39.4 Å². The zero-order valence-electron chi connectivity index (χ0n) is 23.2. The van der Waals surface area contributed by atoms with Gasteiger partial charge in [-0.1, -0.05) is 97.1 Å². The fraction of sp³-hybridized carbons (Fsp3) is 0.200. The molecular formula is C35H31F2N3O. The van der Waals surface area contributed by atoms with Gasteiger partial charge in [-0.25, -0.2) is 0 Å². The molecule has 0 aliphatic carbocycles. The number of allylic oxidation sites excluding steroid dienone is 1. The maximum Gasteiger partial charge on any atom is 0.387 e. The summed E-state index contributed by atoms with van der Waals surface area (Å²) in [5, 5.41) is 5.70. The molecule has 1 aromatic heterocycles. The maximum atomic E-state index is 13.1. The largest absolute Gasteiger partial charge is 0.435 e. The summed E-state index contributed by atoms with van der Waals surface area (Å²) in [5.41, 5.74) is 4.56. The molecule has 0 saturated heterocycles. The number of aliphatic imine (C=N–C) groups is 1. The Labute approximate surface area is 238 Å². The zero-order chi connectivity index (χ0) is 28.6. The third-order valence-electron chi connectivity index (χ3n) is 7.60. The molecule has 41 heavy (non-hydrogen) atoms. The van der Waals surface area contributed by atoms with E-state index in [1.54, 1.807) is 18.2 Å². The SMILES string of the molecule is CC(C)(C)n1nc(C2=NC(C(c3ccccc3)(c3ccccc3)c3ccccc3)C=C2)c2cc(OC(F)F)ccc21. The molecule has 0 amide bonds. The zero-order valence-corrected chi connectivity index (χ0v) is 23.2. The molecule has 4 aromatic carbocycles. The van der Waals surface area contributed by atoms with Crippen molar-refractivity contribution in [2.24, 2.45) is 4.99 Å². The van der Waals surface area contributed by atoms with Crippen molar-refractivity contribution in [3.8, 4) is 5.75 Å². The van der Waals surface area contributed by atoms with Crippen molar-refractivity contribution >= 4 is 16.6 Å². The number of fused-ring (bicyclic) bond motifs is 1. The first-order chi connectivity index (χ1) is 19.8. The highest BCUT2D eigenvalue weighted by Crippen LogP contribution is 2.45. The normalized spacial score (nSPS) is 15.5. The average Bonchev–Trinajstić information content (AvgIpc) is 3.60. The fourth-order valence-electron chi connectivity index (χ4n) is 5.89. The van der Waals surface area contributed by atoms with Crippen LogP contribution >= 0.6 is 0 Å². The average molecular weight is 548 g/mol. The van der Waals surface area contributed by atoms with Crippen LogP contribution < -0.4 is 4.74 Å². The Kier molecular flexibility index (Phi) is 6.78. The van der Waals surface area contributed by atoms with Gasteiger partial charge in [0.2, 0.25) is 0 Å². The van der Waals surface area contributed by atoms with Crippen molar-refractivity contribution in [2.45, 2.75) is 44.4 Å². The lowest BCUT2D eigenvalue weighted by atomic mass is 9.65. The third-order valence-corrected chi connectivity index (χ3v) is 7.60. The highest BCUT2D eigenvalue weighted by atomic mass is 19.3. The molecule has 1 aliphatic heterocycles. The molecule has 6 heteroatoms. The molecule has 5 aromatic rings. The van der Waals surface area contributed by atoms with Crippen LogP contribution in [-0.4, -0.2) is 28.1 Å². The Balaban J connectivity index is 1.58. The molecule has 1 atom stereocenters. The van der Waals surface area contributed by atoms with E-state index < -0.39 is 12.0 Å². The minimum Gasteiger partial charge on any atom is -0.435 e. The minimum absolute atomic E-state index is 0.0912. The summed E-state index contributed by atoms with van der Waals surface area (Å²) in [5.74, 6) is 0.0912. The first kappa shape index (κ1) is 26.6. The van der Waals surface area contributed by atoms with Crippen molar-refractivity contribution < 1.29 is 13.5 Å². The molecule has 0 radical (unpaired) electrons. The van der Waals surface area contributed by atoms with Crippen molar-refractivity contribution in [3.63, 3.8) is 0 Å². The van der Waals surface area contributed by atoms with Gasteiger partial charge in [0, 0.05) is 5.39 Å². The summed E-state index contributed by atoms with van der Waals surface area (Å²) in [4.78, 5) is 5.34. The van der Waals surface area contributed by atoms with Gasteiger partial charge >= 0.3 is 6.61 Å². The Bertz CT molecular complexity index is 1620. The van der Waals surface area contributed by atoms with Gasteiger partial charge < -0.3 is 4.74 Å². The summed E-state index contributed by atoms with van der Waals surface area (Å²) >= 11 is 0. The van der Waals surface area contributed by atoms with E-state index in [9.17, 15) is 8.78 Å². The summed E-state index contributed by atoms with van der Waals surface area (Å²) in [6.45, 7) is 3.28. The van der Waals surface area contributed by atoms with Gasteiger partial charge in [-0.2, -0.15) is 13.9 Å². The smallest absolute Gasteiger partial charge is 0.387 e. The van der Waals surface area contributed by atoms with Crippen molar-refractivity contribution in [3.05, 3.63) is 144 Å². The van der Waals surface area contributed by atoms with Crippen molar-refractivity contribution in [1.29, 1.82) is 0 Å². The van der Waals surface area contributed by atoms with E-state index in [2.05, 4.69) is 99.6 Å². The number of nitrogens with zero attached hydrogens (tertiary/aromatic N) is 3. The molecule has 0 N–H and O–H groups in total. The van der Waals surface area contributed by atoms with Gasteiger partial charge in [-0.05, 0) is 61.7 Å². The number of ether oxygens (including phenoxy) is 1. The number of alkyl halides is 2. The maximum absolute atomic E-state index is 13.1. The number of hydrogen-bond acceptors (Lipinski definition) is 3. The summed E-state index contributed by atoms with van der Waals surface area (Å²) in [7, 11) is 0. The number of aromatic nitrogens is 2. The van der Waals surface area contributed by atoms with Gasteiger partial charge in [-0.3, -0.25) is 9.67 Å². The van der Waals surface area contributed by atoms with Gasteiger partial charge in [0.05, 0.1) is 28.2 Å². The van der Waals surface area contributed by atoms with Gasteiger partial charge in [-0.15, -0.1) is 0 Å². The summed E-state index contributed by atoms with van der Waals surface area (Å²) < 4.78 is 32.9. The van der Waals surface area contributed by atoms with Crippen molar-refractivity contribution in [1.82, 2.24) is 9.78 Å². The predicted octanol–water partition coefficient (Wildman–Crippen LogP) is 8.15. The third kappa shape index (κ3) is 4.73. The Hall–Kier alpha value is -4.58. The number of hydrogen-bond donors (Lipinski definition) is 0. The van der Waals surface area contributed by atoms with Crippen LogP contribution in [0.5, 0.6) is 5.75 Å². The molecule has 6 rings (SSSR count). The fourth-order valence-corrected chi connectivity index (χ4v) is 5.89. The Morgan fingerprint density at radius 1 is 0.756 bits per heavy atom. The quantitative estimate of drug-likeness (QED) is 0.193. The van der Waals surface area contributed by atoms with Gasteiger partial charge in [0.15, 0.2) is 0 Å². The first-order valence-corrected chi connectivity index (χ1v) is 13.7. The van der Waals surface area contributed by atoms with Crippen LogP contribution in [0.15, 0.2) is 126 Å². The molecular weight excluding hydrogens is 516 g/mol. The summed E-state index contributed by atoms with van der Waals surface area (Å²) in [6, 6.07) is 36.0. The second kappa shape index (κ2) is 10.4. The van der Waals surface area contributed by atoms with E-state index in [1.165, 1.54) is 0 Å². The molecule has 0 fully saturated rings. The highest BCUT2D eigenvalue weighted by molar-refractivity contribution is 6.16. The minimum atomic E-state index is -2.91. The van der Waals surface area contributed by atoms with E-state index in [4.69, 9.17) is 14.8 Å². The molecule has 0 spiro atoms. The second-order valence-corrected chi connectivity index (χ2v) is 11.2. The van der Waals surface area contributed by atoms with Crippen LogP contribution in [0.25, 0.3) is 10.9 Å². The first-order valence-electron chi connectivity index (χ1n) is 13.7. The van der Waals surface area contributed by atoms with Crippen LogP contribution in [0.4, 0.5) is 8.78 Å². The molecule has 0 saturated carbocycles. The van der Waals surface area contributed by atoms with E-state index in [1.807, 2.05) is 29.0 Å². The number of halogens is 2.